The van der Waals surface area contributed by atoms with Gasteiger partial charge in [0, 0.05) is 37.2 Å². The largest absolute Gasteiger partial charge is 0.361 e. The van der Waals surface area contributed by atoms with Crippen molar-refractivity contribution in [2.45, 2.75) is 59.0 Å². The Hall–Kier alpha value is -2.11. The van der Waals surface area contributed by atoms with Crippen LogP contribution < -0.4 is 5.32 Å². The van der Waals surface area contributed by atoms with Gasteiger partial charge in [-0.15, -0.1) is 0 Å². The zero-order chi connectivity index (χ0) is 15.7. The third-order valence-electron chi connectivity index (χ3n) is 4.26. The first-order valence-corrected chi connectivity index (χ1v) is 7.76. The highest BCUT2D eigenvalue weighted by Crippen LogP contribution is 2.16. The molecule has 6 nitrogen and oxygen atoms in total. The van der Waals surface area contributed by atoms with Crippen LogP contribution in [-0.2, 0) is 24.2 Å². The van der Waals surface area contributed by atoms with E-state index in [9.17, 15) is 4.79 Å². The van der Waals surface area contributed by atoms with E-state index in [0.29, 0.717) is 12.8 Å². The molecule has 1 atom stereocenters. The summed E-state index contributed by atoms with van der Waals surface area (Å²) in [4.78, 5) is 16.6. The zero-order valence-electron chi connectivity index (χ0n) is 13.3. The molecule has 0 radical (unpaired) electrons. The lowest BCUT2D eigenvalue weighted by Crippen LogP contribution is -2.41. The summed E-state index contributed by atoms with van der Waals surface area (Å²) in [5, 5.41) is 7.05. The van der Waals surface area contributed by atoms with Gasteiger partial charge in [0.15, 0.2) is 0 Å². The molecule has 0 saturated carbocycles. The molecule has 2 aromatic heterocycles. The second kappa shape index (κ2) is 5.94. The van der Waals surface area contributed by atoms with Gasteiger partial charge in [-0.3, -0.25) is 4.79 Å². The monoisotopic (exact) mass is 302 g/mol. The van der Waals surface area contributed by atoms with Crippen molar-refractivity contribution in [3.63, 3.8) is 0 Å². The highest BCUT2D eigenvalue weighted by atomic mass is 16.5. The van der Waals surface area contributed by atoms with E-state index >= 15 is 0 Å². The molecule has 1 amide bonds. The lowest BCUT2D eigenvalue weighted by Gasteiger charge is -2.24. The van der Waals surface area contributed by atoms with Crippen LogP contribution >= 0.6 is 0 Å². The Bertz CT molecular complexity index is 667. The molecule has 0 fully saturated rings. The van der Waals surface area contributed by atoms with Crippen molar-refractivity contribution < 1.29 is 9.32 Å². The first-order valence-electron chi connectivity index (χ1n) is 7.76. The van der Waals surface area contributed by atoms with E-state index in [0.717, 1.165) is 47.9 Å². The molecule has 2 aromatic rings. The summed E-state index contributed by atoms with van der Waals surface area (Å²) in [6.45, 7) is 6.61. The molecule has 6 heteroatoms. The van der Waals surface area contributed by atoms with Crippen molar-refractivity contribution in [2.75, 3.05) is 0 Å². The minimum Gasteiger partial charge on any atom is -0.361 e. The van der Waals surface area contributed by atoms with Crippen LogP contribution in [0.25, 0.3) is 0 Å². The molecular weight excluding hydrogens is 280 g/mol. The van der Waals surface area contributed by atoms with Crippen LogP contribution in [0, 0.1) is 20.8 Å². The van der Waals surface area contributed by atoms with E-state index in [4.69, 9.17) is 4.52 Å². The molecule has 3 heterocycles. The third-order valence-corrected chi connectivity index (χ3v) is 4.26. The van der Waals surface area contributed by atoms with Crippen LogP contribution in [0.3, 0.4) is 0 Å². The Morgan fingerprint density at radius 1 is 1.45 bits per heavy atom. The molecule has 1 aliphatic heterocycles. The van der Waals surface area contributed by atoms with Crippen molar-refractivity contribution in [1.82, 2.24) is 20.0 Å². The minimum atomic E-state index is 0.0882. The first-order chi connectivity index (χ1) is 10.5. The number of carbonyl (C=O) groups is 1. The van der Waals surface area contributed by atoms with Crippen LogP contribution in [-0.4, -0.2) is 26.7 Å². The van der Waals surface area contributed by atoms with Gasteiger partial charge in [0.25, 0.3) is 0 Å². The standard InChI is InChI=1S/C16H22N4O2/c1-10-8-20-9-13(4-6-15(20)17-10)18-16(21)7-5-14-11(2)19-22-12(14)3/h8,13H,4-7,9H2,1-3H3,(H,18,21)/t13-/m0/s1. The molecule has 1 aliphatic rings. The van der Waals surface area contributed by atoms with Crippen molar-refractivity contribution in [3.05, 3.63) is 34.7 Å². The summed E-state index contributed by atoms with van der Waals surface area (Å²) in [5.74, 6) is 2.02. The van der Waals surface area contributed by atoms with Gasteiger partial charge in [-0.05, 0) is 33.6 Å². The molecule has 22 heavy (non-hydrogen) atoms. The van der Waals surface area contributed by atoms with E-state index in [2.05, 4.69) is 26.2 Å². The van der Waals surface area contributed by atoms with Gasteiger partial charge in [0.05, 0.1) is 11.4 Å². The topological polar surface area (TPSA) is 73.0 Å². The molecule has 0 unspecified atom stereocenters. The van der Waals surface area contributed by atoms with Gasteiger partial charge >= 0.3 is 0 Å². The SMILES string of the molecule is Cc1cn2c(n1)CC[C@H](NC(=O)CCc1c(C)noc1C)C2. The average Bonchev–Trinajstić information content (AvgIpc) is 2.98. The molecule has 3 rings (SSSR count). The molecule has 0 aliphatic carbocycles. The predicted molar refractivity (Wildman–Crippen MR) is 81.5 cm³/mol. The summed E-state index contributed by atoms with van der Waals surface area (Å²) in [6, 6.07) is 0.193. The van der Waals surface area contributed by atoms with Gasteiger partial charge in [-0.1, -0.05) is 5.16 Å². The number of aryl methyl sites for hydroxylation is 4. The molecular formula is C16H22N4O2. The maximum absolute atomic E-state index is 12.2. The van der Waals surface area contributed by atoms with E-state index < -0.39 is 0 Å². The van der Waals surface area contributed by atoms with Gasteiger partial charge in [-0.25, -0.2) is 4.98 Å². The first kappa shape index (κ1) is 14.8. The summed E-state index contributed by atoms with van der Waals surface area (Å²) >= 11 is 0. The summed E-state index contributed by atoms with van der Waals surface area (Å²) in [7, 11) is 0. The quantitative estimate of drug-likeness (QED) is 0.935. The van der Waals surface area contributed by atoms with Gasteiger partial charge in [0.2, 0.25) is 5.91 Å². The number of nitrogens with one attached hydrogen (secondary N) is 1. The number of rotatable bonds is 4. The van der Waals surface area contributed by atoms with Crippen molar-refractivity contribution in [1.29, 1.82) is 0 Å². The van der Waals surface area contributed by atoms with Gasteiger partial charge < -0.3 is 14.4 Å². The number of imidazole rings is 1. The van der Waals surface area contributed by atoms with E-state index in [1.807, 2.05) is 20.8 Å². The Morgan fingerprint density at radius 2 is 2.27 bits per heavy atom. The van der Waals surface area contributed by atoms with Crippen LogP contribution in [0.2, 0.25) is 0 Å². The molecule has 0 spiro atoms. The maximum Gasteiger partial charge on any atom is 0.220 e. The Morgan fingerprint density at radius 3 is 3.00 bits per heavy atom. The van der Waals surface area contributed by atoms with Gasteiger partial charge in [-0.2, -0.15) is 0 Å². The van der Waals surface area contributed by atoms with Crippen LogP contribution in [0.15, 0.2) is 10.7 Å². The third kappa shape index (κ3) is 3.05. The Kier molecular flexibility index (Phi) is 4.00. The maximum atomic E-state index is 12.2. The molecule has 1 N–H and O–H groups in total. The van der Waals surface area contributed by atoms with E-state index in [1.165, 1.54) is 0 Å². The second-order valence-corrected chi connectivity index (χ2v) is 6.06. The fourth-order valence-electron chi connectivity index (χ4n) is 3.10. The smallest absolute Gasteiger partial charge is 0.220 e. The predicted octanol–water partition coefficient (Wildman–Crippen LogP) is 1.86. The number of carbonyl (C=O) groups excluding carboxylic acids is 1. The van der Waals surface area contributed by atoms with E-state index in [-0.39, 0.29) is 11.9 Å². The zero-order valence-corrected chi connectivity index (χ0v) is 13.3. The number of hydrogen-bond acceptors (Lipinski definition) is 4. The highest BCUT2D eigenvalue weighted by Gasteiger charge is 2.21. The summed E-state index contributed by atoms with van der Waals surface area (Å²) in [6.07, 6.45) is 5.07. The van der Waals surface area contributed by atoms with Crippen molar-refractivity contribution >= 4 is 5.91 Å². The number of fused-ring (bicyclic) bond motifs is 1. The Balaban J connectivity index is 1.52. The summed E-state index contributed by atoms with van der Waals surface area (Å²) in [5.41, 5.74) is 2.97. The minimum absolute atomic E-state index is 0.0882. The van der Waals surface area contributed by atoms with Crippen LogP contribution in [0.5, 0.6) is 0 Å². The van der Waals surface area contributed by atoms with Crippen molar-refractivity contribution in [3.8, 4) is 0 Å². The summed E-state index contributed by atoms with van der Waals surface area (Å²) < 4.78 is 7.28. The van der Waals surface area contributed by atoms with Gasteiger partial charge in [0.1, 0.15) is 11.6 Å². The highest BCUT2D eigenvalue weighted by molar-refractivity contribution is 5.76. The lowest BCUT2D eigenvalue weighted by atomic mass is 10.1. The second-order valence-electron chi connectivity index (χ2n) is 6.06. The fourth-order valence-corrected chi connectivity index (χ4v) is 3.10. The normalized spacial score (nSPS) is 17.3. The Labute approximate surface area is 129 Å². The average molecular weight is 302 g/mol. The molecule has 0 bridgehead atoms. The molecule has 0 saturated heterocycles. The number of aromatic nitrogens is 3. The van der Waals surface area contributed by atoms with Crippen LogP contribution in [0.4, 0.5) is 0 Å². The molecule has 0 aromatic carbocycles. The van der Waals surface area contributed by atoms with Crippen molar-refractivity contribution in [2.24, 2.45) is 0 Å². The lowest BCUT2D eigenvalue weighted by molar-refractivity contribution is -0.122. The number of hydrogen-bond donors (Lipinski definition) is 1. The number of nitrogens with zero attached hydrogens (tertiary/aromatic N) is 3. The molecule has 118 valence electrons. The van der Waals surface area contributed by atoms with Crippen LogP contribution in [0.1, 0.15) is 41.4 Å². The fraction of sp³-hybridized carbons (Fsp3) is 0.562. The number of amides is 1. The van der Waals surface area contributed by atoms with E-state index in [1.54, 1.807) is 0 Å².